The minimum atomic E-state index is -3.53. The minimum absolute atomic E-state index is 0.247. The fraction of sp³-hybridized carbons (Fsp3) is 0.545. The molecule has 0 saturated heterocycles. The lowest BCUT2D eigenvalue weighted by molar-refractivity contribution is 0.504. The van der Waals surface area contributed by atoms with Crippen LogP contribution < -0.4 is 10.5 Å². The van der Waals surface area contributed by atoms with Crippen molar-refractivity contribution < 1.29 is 8.42 Å². The summed E-state index contributed by atoms with van der Waals surface area (Å²) in [7, 11) is -3.53. The smallest absolute Gasteiger partial charge is 0.250 e. The van der Waals surface area contributed by atoms with Gasteiger partial charge in [-0.2, -0.15) is 4.72 Å². The van der Waals surface area contributed by atoms with E-state index in [0.29, 0.717) is 17.1 Å². The van der Waals surface area contributed by atoms with Crippen LogP contribution in [0.2, 0.25) is 0 Å². The summed E-state index contributed by atoms with van der Waals surface area (Å²) in [6, 6.07) is 3.41. The Bertz CT molecular complexity index is 557. The average molecular weight is 304 g/mol. The highest BCUT2D eigenvalue weighted by Gasteiger charge is 2.40. The van der Waals surface area contributed by atoms with E-state index in [1.807, 2.05) is 6.92 Å². The molecule has 0 spiro atoms. The van der Waals surface area contributed by atoms with E-state index in [2.05, 4.69) is 4.72 Å². The van der Waals surface area contributed by atoms with E-state index in [-0.39, 0.29) is 4.99 Å². The molecule has 1 saturated carbocycles. The van der Waals surface area contributed by atoms with Gasteiger partial charge in [0.05, 0.1) is 10.5 Å². The van der Waals surface area contributed by atoms with Crippen LogP contribution in [0.25, 0.3) is 0 Å². The fourth-order valence-electron chi connectivity index (χ4n) is 2.24. The van der Waals surface area contributed by atoms with Gasteiger partial charge < -0.3 is 5.73 Å². The first-order chi connectivity index (χ1) is 8.36. The van der Waals surface area contributed by atoms with Crippen molar-refractivity contribution in [2.75, 3.05) is 0 Å². The number of sulfonamides is 1. The van der Waals surface area contributed by atoms with Crippen molar-refractivity contribution in [3.63, 3.8) is 0 Å². The molecule has 18 heavy (non-hydrogen) atoms. The summed E-state index contributed by atoms with van der Waals surface area (Å²) in [4.78, 5) is 1.21. The third kappa shape index (κ3) is 2.59. The van der Waals surface area contributed by atoms with Gasteiger partial charge in [-0.3, -0.25) is 0 Å². The summed E-state index contributed by atoms with van der Waals surface area (Å²) >= 11 is 6.30. The highest BCUT2D eigenvalue weighted by Crippen LogP contribution is 2.32. The lowest BCUT2D eigenvalue weighted by Crippen LogP contribution is -2.54. The van der Waals surface area contributed by atoms with Gasteiger partial charge in [0.2, 0.25) is 0 Å². The standard InChI is InChI=1S/C11H16N2O2S3/c1-8-4-5-9(17-8)18(14,15)13-11(10(12)16)6-2-3-7-11/h4-5,13H,2-3,6-7H2,1H3,(H2,12,16). The number of thiocarbonyl (C=S) groups is 1. The van der Waals surface area contributed by atoms with Crippen molar-refractivity contribution in [3.8, 4) is 0 Å². The molecule has 1 fully saturated rings. The molecule has 4 nitrogen and oxygen atoms in total. The van der Waals surface area contributed by atoms with Crippen molar-refractivity contribution in [1.29, 1.82) is 0 Å². The Hall–Kier alpha value is -0.500. The van der Waals surface area contributed by atoms with Crippen molar-refractivity contribution >= 4 is 38.6 Å². The molecule has 7 heteroatoms. The molecule has 0 amide bonds. The van der Waals surface area contributed by atoms with Crippen LogP contribution in [0.1, 0.15) is 30.6 Å². The van der Waals surface area contributed by atoms with Crippen LogP contribution in [0.4, 0.5) is 0 Å². The molecule has 0 unspecified atom stereocenters. The molecule has 1 aliphatic rings. The van der Waals surface area contributed by atoms with Crippen molar-refractivity contribution in [2.24, 2.45) is 5.73 Å². The second kappa shape index (κ2) is 4.88. The molecule has 0 radical (unpaired) electrons. The van der Waals surface area contributed by atoms with Gasteiger partial charge in [-0.05, 0) is 31.9 Å². The molecule has 1 aromatic rings. The van der Waals surface area contributed by atoms with Crippen LogP contribution >= 0.6 is 23.6 Å². The van der Waals surface area contributed by atoms with Crippen molar-refractivity contribution in [2.45, 2.75) is 42.4 Å². The minimum Gasteiger partial charge on any atom is -0.392 e. The van der Waals surface area contributed by atoms with Crippen molar-refractivity contribution in [1.82, 2.24) is 4.72 Å². The highest BCUT2D eigenvalue weighted by molar-refractivity contribution is 7.91. The van der Waals surface area contributed by atoms with Gasteiger partial charge in [0.1, 0.15) is 4.21 Å². The number of hydrogen-bond acceptors (Lipinski definition) is 4. The third-order valence-electron chi connectivity index (χ3n) is 3.24. The largest absolute Gasteiger partial charge is 0.392 e. The molecular formula is C11H16N2O2S3. The van der Waals surface area contributed by atoms with Crippen LogP contribution in [0.5, 0.6) is 0 Å². The first-order valence-corrected chi connectivity index (χ1v) is 8.47. The maximum Gasteiger partial charge on any atom is 0.250 e. The second-order valence-electron chi connectivity index (χ2n) is 4.62. The Labute approximate surface area is 117 Å². The molecule has 0 atom stereocenters. The van der Waals surface area contributed by atoms with Crippen LogP contribution in [-0.4, -0.2) is 18.9 Å². The molecular weight excluding hydrogens is 288 g/mol. The summed E-state index contributed by atoms with van der Waals surface area (Å²) < 4.78 is 27.6. The maximum absolute atomic E-state index is 12.3. The van der Waals surface area contributed by atoms with Gasteiger partial charge in [0, 0.05) is 4.88 Å². The highest BCUT2D eigenvalue weighted by atomic mass is 32.2. The van der Waals surface area contributed by atoms with E-state index in [0.717, 1.165) is 17.7 Å². The molecule has 0 aliphatic heterocycles. The van der Waals surface area contributed by atoms with E-state index in [1.165, 1.54) is 11.3 Å². The Balaban J connectivity index is 2.29. The number of aryl methyl sites for hydroxylation is 1. The Kier molecular flexibility index (Phi) is 3.77. The van der Waals surface area contributed by atoms with Gasteiger partial charge in [-0.15, -0.1) is 11.3 Å². The third-order valence-corrected chi connectivity index (χ3v) is 6.66. The molecule has 1 aromatic heterocycles. The average Bonchev–Trinajstić information content (AvgIpc) is 2.87. The number of nitrogens with one attached hydrogen (secondary N) is 1. The van der Waals surface area contributed by atoms with Crippen LogP contribution in [0.15, 0.2) is 16.3 Å². The quantitative estimate of drug-likeness (QED) is 0.834. The van der Waals surface area contributed by atoms with Crippen LogP contribution in [-0.2, 0) is 10.0 Å². The van der Waals surface area contributed by atoms with Crippen molar-refractivity contribution in [3.05, 3.63) is 17.0 Å². The predicted molar refractivity (Wildman–Crippen MR) is 77.4 cm³/mol. The summed E-state index contributed by atoms with van der Waals surface area (Å²) in [5.74, 6) is 0. The zero-order valence-electron chi connectivity index (χ0n) is 10.1. The number of thiophene rings is 1. The van der Waals surface area contributed by atoms with Crippen LogP contribution in [0.3, 0.4) is 0 Å². The summed E-state index contributed by atoms with van der Waals surface area (Å²) in [6.45, 7) is 1.88. The molecule has 1 heterocycles. The van der Waals surface area contributed by atoms with E-state index in [1.54, 1.807) is 12.1 Å². The molecule has 100 valence electrons. The van der Waals surface area contributed by atoms with Gasteiger partial charge in [0.25, 0.3) is 10.0 Å². The zero-order valence-corrected chi connectivity index (χ0v) is 12.6. The summed E-state index contributed by atoms with van der Waals surface area (Å²) in [6.07, 6.45) is 3.27. The maximum atomic E-state index is 12.3. The van der Waals surface area contributed by atoms with Gasteiger partial charge >= 0.3 is 0 Å². The number of hydrogen-bond donors (Lipinski definition) is 2. The molecule has 0 bridgehead atoms. The number of nitrogens with two attached hydrogens (primary N) is 1. The lowest BCUT2D eigenvalue weighted by Gasteiger charge is -2.28. The topological polar surface area (TPSA) is 72.2 Å². The fourth-order valence-corrected chi connectivity index (χ4v) is 5.29. The Morgan fingerprint density at radius 1 is 1.44 bits per heavy atom. The van der Waals surface area contributed by atoms with Crippen LogP contribution in [0, 0.1) is 6.92 Å². The van der Waals surface area contributed by atoms with E-state index in [4.69, 9.17) is 18.0 Å². The number of rotatable bonds is 4. The SMILES string of the molecule is Cc1ccc(S(=O)(=O)NC2(C(N)=S)CCCC2)s1. The van der Waals surface area contributed by atoms with Gasteiger partial charge in [-0.25, -0.2) is 8.42 Å². The monoisotopic (exact) mass is 304 g/mol. The predicted octanol–water partition coefficient (Wildman–Crippen LogP) is 1.93. The second-order valence-corrected chi connectivity index (χ2v) is 8.26. The molecule has 3 N–H and O–H groups in total. The first kappa shape index (κ1) is 13.9. The Morgan fingerprint density at radius 2 is 2.06 bits per heavy atom. The summed E-state index contributed by atoms with van der Waals surface area (Å²) in [5, 5.41) is 0. The molecule has 2 rings (SSSR count). The van der Waals surface area contributed by atoms with Gasteiger partial charge in [-0.1, -0.05) is 25.1 Å². The lowest BCUT2D eigenvalue weighted by atomic mass is 10.00. The zero-order chi connectivity index (χ0) is 13.4. The van der Waals surface area contributed by atoms with E-state index < -0.39 is 15.6 Å². The molecule has 0 aromatic carbocycles. The summed E-state index contributed by atoms with van der Waals surface area (Å²) in [5.41, 5.74) is 5.00. The molecule has 1 aliphatic carbocycles. The first-order valence-electron chi connectivity index (χ1n) is 5.76. The van der Waals surface area contributed by atoms with E-state index >= 15 is 0 Å². The van der Waals surface area contributed by atoms with E-state index in [9.17, 15) is 8.42 Å². The van der Waals surface area contributed by atoms with Gasteiger partial charge in [0.15, 0.2) is 0 Å². The normalized spacial score (nSPS) is 18.9. The Morgan fingerprint density at radius 3 is 2.50 bits per heavy atom.